The van der Waals surface area contributed by atoms with Crippen molar-refractivity contribution < 1.29 is 24.5 Å². The standard InChI is InChI=1S/C58H111NO5/c1-3-5-7-9-11-13-15-17-18-19-22-25-28-32-36-40-44-48-52-58(63)64-53-49-45-41-37-33-29-26-23-20-21-24-27-31-35-39-43-47-51-57(62)59-55(54-60)56(61)50-46-42-38-34-30-16-14-12-10-8-6-4-2/h13,15,18-19,55-56,60-61H,3-12,14,16-17,20-54H2,1-2H3,(H,59,62)/b15-13-,19-18-. The first-order valence-electron chi connectivity index (χ1n) is 28.6. The molecule has 3 N–H and O–H groups in total. The monoisotopic (exact) mass is 902 g/mol. The average molecular weight is 903 g/mol. The number of esters is 1. The number of carbonyl (C=O) groups is 2. The molecule has 0 aromatic rings. The first-order chi connectivity index (χ1) is 31.5. The van der Waals surface area contributed by atoms with Gasteiger partial charge in [0.2, 0.25) is 5.91 Å². The van der Waals surface area contributed by atoms with E-state index in [9.17, 15) is 19.8 Å². The molecule has 64 heavy (non-hydrogen) atoms. The van der Waals surface area contributed by atoms with E-state index >= 15 is 0 Å². The third-order valence-corrected chi connectivity index (χ3v) is 13.3. The van der Waals surface area contributed by atoms with E-state index in [0.717, 1.165) is 51.4 Å². The molecule has 0 aliphatic heterocycles. The molecule has 378 valence electrons. The molecule has 0 aliphatic carbocycles. The Kier molecular flexibility index (Phi) is 52.6. The molecule has 0 aliphatic rings. The minimum Gasteiger partial charge on any atom is -0.466 e. The Labute approximate surface area is 399 Å². The van der Waals surface area contributed by atoms with Crippen LogP contribution in [0.1, 0.15) is 309 Å². The zero-order valence-corrected chi connectivity index (χ0v) is 43.0. The molecule has 0 rings (SSSR count). The zero-order chi connectivity index (χ0) is 46.5. The van der Waals surface area contributed by atoms with Gasteiger partial charge in [0.15, 0.2) is 0 Å². The number of amides is 1. The van der Waals surface area contributed by atoms with Gasteiger partial charge in [0.05, 0.1) is 25.4 Å². The van der Waals surface area contributed by atoms with Crippen LogP contribution in [0.3, 0.4) is 0 Å². The summed E-state index contributed by atoms with van der Waals surface area (Å²) < 4.78 is 5.48. The minimum atomic E-state index is -0.667. The molecule has 6 heteroatoms. The highest BCUT2D eigenvalue weighted by atomic mass is 16.5. The lowest BCUT2D eigenvalue weighted by atomic mass is 10.0. The Morgan fingerprint density at radius 2 is 0.781 bits per heavy atom. The molecule has 0 fully saturated rings. The first kappa shape index (κ1) is 62.3. The van der Waals surface area contributed by atoms with Crippen molar-refractivity contribution in [1.29, 1.82) is 0 Å². The van der Waals surface area contributed by atoms with Gasteiger partial charge in [0, 0.05) is 12.8 Å². The second kappa shape index (κ2) is 54.0. The van der Waals surface area contributed by atoms with Gasteiger partial charge in [-0.2, -0.15) is 0 Å². The first-order valence-corrected chi connectivity index (χ1v) is 28.6. The Hall–Kier alpha value is -1.66. The molecular weight excluding hydrogens is 791 g/mol. The van der Waals surface area contributed by atoms with Gasteiger partial charge in [-0.1, -0.05) is 263 Å². The smallest absolute Gasteiger partial charge is 0.305 e. The Morgan fingerprint density at radius 3 is 1.20 bits per heavy atom. The van der Waals surface area contributed by atoms with Crippen LogP contribution in [0.4, 0.5) is 0 Å². The van der Waals surface area contributed by atoms with E-state index in [-0.39, 0.29) is 18.5 Å². The summed E-state index contributed by atoms with van der Waals surface area (Å²) in [5.74, 6) is -0.0423. The lowest BCUT2D eigenvalue weighted by Gasteiger charge is -2.22. The highest BCUT2D eigenvalue weighted by Crippen LogP contribution is 2.17. The quantitative estimate of drug-likeness (QED) is 0.0321. The number of rotatable bonds is 53. The van der Waals surface area contributed by atoms with Crippen molar-refractivity contribution in [3.63, 3.8) is 0 Å². The average Bonchev–Trinajstić information content (AvgIpc) is 3.29. The fourth-order valence-electron chi connectivity index (χ4n) is 8.85. The third kappa shape index (κ3) is 49.8. The van der Waals surface area contributed by atoms with Crippen LogP contribution in [0, 0.1) is 0 Å². The third-order valence-electron chi connectivity index (χ3n) is 13.3. The Bertz CT molecular complexity index is 997. The number of aliphatic hydroxyl groups is 2. The molecule has 0 heterocycles. The number of unbranched alkanes of at least 4 members (excludes halogenated alkanes) is 38. The maximum atomic E-state index is 12.4. The van der Waals surface area contributed by atoms with Crippen LogP contribution in [0.5, 0.6) is 0 Å². The summed E-state index contributed by atoms with van der Waals surface area (Å²) in [6, 6.07) is -0.544. The lowest BCUT2D eigenvalue weighted by Crippen LogP contribution is -2.45. The number of nitrogens with one attached hydrogen (secondary N) is 1. The fourth-order valence-corrected chi connectivity index (χ4v) is 8.85. The van der Waals surface area contributed by atoms with E-state index in [4.69, 9.17) is 4.74 Å². The van der Waals surface area contributed by atoms with E-state index in [1.807, 2.05) is 0 Å². The van der Waals surface area contributed by atoms with Crippen LogP contribution in [-0.2, 0) is 14.3 Å². The van der Waals surface area contributed by atoms with Crippen molar-refractivity contribution in [3.8, 4) is 0 Å². The predicted molar refractivity (Wildman–Crippen MR) is 278 cm³/mol. The molecule has 0 spiro atoms. The summed E-state index contributed by atoms with van der Waals surface area (Å²) in [5, 5.41) is 23.2. The lowest BCUT2D eigenvalue weighted by molar-refractivity contribution is -0.143. The SMILES string of the molecule is CCCCCC/C=C\C/C=C\CCCCCCCCCC(=O)OCCCCCCCCCCCCCCCCCCCC(=O)NC(CO)C(O)CCCCCCCCCCCCCC. The second-order valence-corrected chi connectivity index (χ2v) is 19.6. The van der Waals surface area contributed by atoms with Gasteiger partial charge >= 0.3 is 5.97 Å². The summed E-state index contributed by atoms with van der Waals surface area (Å²) in [5.41, 5.74) is 0. The van der Waals surface area contributed by atoms with Crippen LogP contribution in [-0.4, -0.2) is 47.4 Å². The number of ether oxygens (including phenoxy) is 1. The number of allylic oxidation sites excluding steroid dienone is 4. The topological polar surface area (TPSA) is 95.9 Å². The molecule has 0 saturated heterocycles. The Balaban J connectivity index is 3.40. The van der Waals surface area contributed by atoms with Crippen molar-refractivity contribution in [2.75, 3.05) is 13.2 Å². The van der Waals surface area contributed by atoms with Gasteiger partial charge in [-0.15, -0.1) is 0 Å². The van der Waals surface area contributed by atoms with Gasteiger partial charge in [-0.3, -0.25) is 9.59 Å². The van der Waals surface area contributed by atoms with E-state index in [0.29, 0.717) is 25.9 Å². The van der Waals surface area contributed by atoms with Gasteiger partial charge < -0.3 is 20.3 Å². The van der Waals surface area contributed by atoms with Crippen molar-refractivity contribution in [2.45, 2.75) is 321 Å². The highest BCUT2D eigenvalue weighted by Gasteiger charge is 2.20. The van der Waals surface area contributed by atoms with Crippen LogP contribution in [0.2, 0.25) is 0 Å². The summed E-state index contributed by atoms with van der Waals surface area (Å²) in [6.07, 6.45) is 64.5. The van der Waals surface area contributed by atoms with Gasteiger partial charge in [-0.25, -0.2) is 0 Å². The number of carbonyl (C=O) groups excluding carboxylic acids is 2. The number of hydrogen-bond acceptors (Lipinski definition) is 5. The summed E-state index contributed by atoms with van der Waals surface area (Å²) in [6.45, 7) is 4.93. The van der Waals surface area contributed by atoms with Crippen LogP contribution in [0.15, 0.2) is 24.3 Å². The summed E-state index contributed by atoms with van der Waals surface area (Å²) >= 11 is 0. The maximum absolute atomic E-state index is 12.4. The summed E-state index contributed by atoms with van der Waals surface area (Å²) in [4.78, 5) is 24.5. The predicted octanol–water partition coefficient (Wildman–Crippen LogP) is 17.5. The van der Waals surface area contributed by atoms with Crippen molar-refractivity contribution in [3.05, 3.63) is 24.3 Å². The van der Waals surface area contributed by atoms with E-state index in [1.54, 1.807) is 0 Å². The van der Waals surface area contributed by atoms with Crippen molar-refractivity contribution >= 4 is 11.9 Å². The molecule has 1 amide bonds. The van der Waals surface area contributed by atoms with E-state index in [2.05, 4.69) is 43.5 Å². The van der Waals surface area contributed by atoms with E-state index < -0.39 is 12.1 Å². The molecule has 0 radical (unpaired) electrons. The molecular formula is C58H111NO5. The van der Waals surface area contributed by atoms with Gasteiger partial charge in [-0.05, 0) is 57.8 Å². The van der Waals surface area contributed by atoms with Crippen molar-refractivity contribution in [2.24, 2.45) is 0 Å². The normalized spacial score (nSPS) is 12.8. The van der Waals surface area contributed by atoms with Crippen LogP contribution >= 0.6 is 0 Å². The largest absolute Gasteiger partial charge is 0.466 e. The molecule has 2 atom stereocenters. The molecule has 0 bridgehead atoms. The van der Waals surface area contributed by atoms with Crippen LogP contribution in [0.25, 0.3) is 0 Å². The van der Waals surface area contributed by atoms with Gasteiger partial charge in [0.25, 0.3) is 0 Å². The minimum absolute atomic E-state index is 0.00181. The fraction of sp³-hybridized carbons (Fsp3) is 0.897. The second-order valence-electron chi connectivity index (χ2n) is 19.6. The molecule has 0 aromatic carbocycles. The van der Waals surface area contributed by atoms with E-state index in [1.165, 1.54) is 225 Å². The molecule has 0 saturated carbocycles. The van der Waals surface area contributed by atoms with Gasteiger partial charge in [0.1, 0.15) is 0 Å². The molecule has 0 aromatic heterocycles. The molecule has 2 unspecified atom stereocenters. The Morgan fingerprint density at radius 1 is 0.438 bits per heavy atom. The summed E-state index contributed by atoms with van der Waals surface area (Å²) in [7, 11) is 0. The maximum Gasteiger partial charge on any atom is 0.305 e. The number of hydrogen-bond donors (Lipinski definition) is 3. The zero-order valence-electron chi connectivity index (χ0n) is 43.0. The molecule has 6 nitrogen and oxygen atoms in total. The van der Waals surface area contributed by atoms with Crippen LogP contribution < -0.4 is 5.32 Å². The highest BCUT2D eigenvalue weighted by molar-refractivity contribution is 5.76. The number of aliphatic hydroxyl groups excluding tert-OH is 2. The van der Waals surface area contributed by atoms with Crippen molar-refractivity contribution in [1.82, 2.24) is 5.32 Å².